The lowest BCUT2D eigenvalue weighted by molar-refractivity contribution is -0.166. The van der Waals surface area contributed by atoms with Crippen LogP contribution >= 0.6 is 0 Å². The number of ether oxygens (including phenoxy) is 3. The van der Waals surface area contributed by atoms with E-state index in [0.717, 1.165) is 77.0 Å². The molecule has 368 valence electrons. The Balaban J connectivity index is 4.58. The van der Waals surface area contributed by atoms with E-state index in [9.17, 15) is 14.4 Å². The van der Waals surface area contributed by atoms with Crippen molar-refractivity contribution in [2.24, 2.45) is 0 Å². The Kier molecular flexibility index (Phi) is 49.5. The third-order valence-corrected chi connectivity index (χ3v) is 10.7. The topological polar surface area (TPSA) is 78.9 Å². The normalized spacial score (nSPS) is 13.0. The zero-order valence-corrected chi connectivity index (χ0v) is 42.0. The van der Waals surface area contributed by atoms with Crippen molar-refractivity contribution in [2.45, 2.75) is 232 Å². The van der Waals surface area contributed by atoms with E-state index in [4.69, 9.17) is 14.2 Å². The molecule has 0 saturated heterocycles. The summed E-state index contributed by atoms with van der Waals surface area (Å²) in [7, 11) is 0. The summed E-state index contributed by atoms with van der Waals surface area (Å²) in [6.07, 6.45) is 70.9. The highest BCUT2D eigenvalue weighted by Crippen LogP contribution is 2.11. The van der Waals surface area contributed by atoms with Crippen LogP contribution in [0.3, 0.4) is 0 Å². The van der Waals surface area contributed by atoms with Crippen molar-refractivity contribution in [3.8, 4) is 0 Å². The molecule has 0 fully saturated rings. The van der Waals surface area contributed by atoms with E-state index < -0.39 is 12.1 Å². The molecule has 0 heterocycles. The van der Waals surface area contributed by atoms with Gasteiger partial charge < -0.3 is 14.2 Å². The van der Waals surface area contributed by atoms with Gasteiger partial charge in [0.25, 0.3) is 0 Å². The Hall–Kier alpha value is -3.93. The summed E-state index contributed by atoms with van der Waals surface area (Å²) in [5.74, 6) is -1.08. The van der Waals surface area contributed by atoms with Crippen LogP contribution in [-0.4, -0.2) is 37.2 Å². The van der Waals surface area contributed by atoms with Crippen molar-refractivity contribution in [1.29, 1.82) is 0 Å². The standard InChI is InChI=1S/C59H96O6/c1-4-7-10-13-16-19-22-24-26-28-29-31-33-35-38-41-44-47-50-53-59(62)65-56(54-63-57(60)51-48-45-42-39-36-21-18-15-12-9-6-3)55-64-58(61)52-49-46-43-40-37-34-32-30-27-25-23-20-17-14-11-8-5-2/h15-16,18-19,24-27,29,31-32,34-35,38,40,43-44,47,56H,4-14,17,20-23,28,30,33,36-37,39,41-42,45-46,48-55H2,1-3H3/b18-15-,19-16-,26-24-,27-25-,31-29-,34-32-,38-35-,43-40-,47-44-/t56-/m0/s1. The Bertz CT molecular complexity index is 1360. The largest absolute Gasteiger partial charge is 0.462 e. The summed E-state index contributed by atoms with van der Waals surface area (Å²) in [4.78, 5) is 37.9. The maximum atomic E-state index is 12.8. The Morgan fingerprint density at radius 1 is 0.308 bits per heavy atom. The van der Waals surface area contributed by atoms with Crippen LogP contribution in [0.1, 0.15) is 226 Å². The molecule has 0 aromatic carbocycles. The minimum absolute atomic E-state index is 0.130. The van der Waals surface area contributed by atoms with Gasteiger partial charge in [-0.1, -0.05) is 207 Å². The maximum Gasteiger partial charge on any atom is 0.306 e. The molecular formula is C59H96O6. The van der Waals surface area contributed by atoms with Gasteiger partial charge in [-0.15, -0.1) is 0 Å². The molecule has 0 N–H and O–H groups in total. The number of hydrogen-bond donors (Lipinski definition) is 0. The molecule has 0 aliphatic heterocycles. The van der Waals surface area contributed by atoms with Crippen molar-refractivity contribution in [3.63, 3.8) is 0 Å². The van der Waals surface area contributed by atoms with Crippen LogP contribution in [0.15, 0.2) is 109 Å². The molecule has 1 atom stereocenters. The van der Waals surface area contributed by atoms with E-state index in [2.05, 4.69) is 118 Å². The molecule has 0 aromatic heterocycles. The number of rotatable bonds is 46. The average Bonchev–Trinajstić information content (AvgIpc) is 3.30. The van der Waals surface area contributed by atoms with Crippen LogP contribution in [0.25, 0.3) is 0 Å². The predicted octanol–water partition coefficient (Wildman–Crippen LogP) is 17.5. The Morgan fingerprint density at radius 3 is 1.08 bits per heavy atom. The van der Waals surface area contributed by atoms with Gasteiger partial charge >= 0.3 is 17.9 Å². The van der Waals surface area contributed by atoms with Gasteiger partial charge in [0.05, 0.1) is 0 Å². The first-order chi connectivity index (χ1) is 32.0. The highest BCUT2D eigenvalue weighted by Gasteiger charge is 2.19. The molecule has 6 heteroatoms. The van der Waals surface area contributed by atoms with Gasteiger partial charge in [-0.3, -0.25) is 14.4 Å². The summed E-state index contributed by atoms with van der Waals surface area (Å²) in [5, 5.41) is 0. The number of carbonyl (C=O) groups excluding carboxylic acids is 3. The quantitative estimate of drug-likeness (QED) is 0.0262. The summed E-state index contributed by atoms with van der Waals surface area (Å²) >= 11 is 0. The van der Waals surface area contributed by atoms with E-state index >= 15 is 0 Å². The van der Waals surface area contributed by atoms with Crippen molar-refractivity contribution in [3.05, 3.63) is 109 Å². The van der Waals surface area contributed by atoms with E-state index in [1.165, 1.54) is 96.3 Å². The lowest BCUT2D eigenvalue weighted by atomic mass is 10.1. The van der Waals surface area contributed by atoms with Crippen molar-refractivity contribution in [2.75, 3.05) is 13.2 Å². The number of hydrogen-bond acceptors (Lipinski definition) is 6. The van der Waals surface area contributed by atoms with E-state index in [0.29, 0.717) is 19.3 Å². The molecular weight excluding hydrogens is 805 g/mol. The summed E-state index contributed by atoms with van der Waals surface area (Å²) < 4.78 is 16.7. The van der Waals surface area contributed by atoms with Gasteiger partial charge in [0, 0.05) is 19.3 Å². The van der Waals surface area contributed by atoms with Crippen LogP contribution in [0.5, 0.6) is 0 Å². The van der Waals surface area contributed by atoms with E-state index in [-0.39, 0.29) is 38.0 Å². The van der Waals surface area contributed by atoms with Crippen LogP contribution in [0.2, 0.25) is 0 Å². The molecule has 6 nitrogen and oxygen atoms in total. The van der Waals surface area contributed by atoms with Crippen LogP contribution in [-0.2, 0) is 28.6 Å². The van der Waals surface area contributed by atoms with Crippen LogP contribution < -0.4 is 0 Å². The van der Waals surface area contributed by atoms with Crippen molar-refractivity contribution >= 4 is 17.9 Å². The Labute approximate surface area is 400 Å². The van der Waals surface area contributed by atoms with Crippen molar-refractivity contribution < 1.29 is 28.6 Å². The third kappa shape index (κ3) is 50.9. The van der Waals surface area contributed by atoms with Crippen LogP contribution in [0.4, 0.5) is 0 Å². The summed E-state index contributed by atoms with van der Waals surface area (Å²) in [6.45, 7) is 6.44. The molecule has 0 spiro atoms. The molecule has 65 heavy (non-hydrogen) atoms. The zero-order valence-electron chi connectivity index (χ0n) is 42.0. The Morgan fingerprint density at radius 2 is 0.615 bits per heavy atom. The number of unbranched alkanes of at least 4 members (excludes halogenated alkanes) is 17. The first-order valence-electron chi connectivity index (χ1n) is 26.4. The molecule has 0 radical (unpaired) electrons. The molecule has 0 rings (SSSR count). The minimum atomic E-state index is -0.842. The molecule has 0 aromatic rings. The molecule has 0 saturated carbocycles. The van der Waals surface area contributed by atoms with Gasteiger partial charge in [-0.05, 0) is 109 Å². The van der Waals surface area contributed by atoms with Gasteiger partial charge in [0.2, 0.25) is 0 Å². The smallest absolute Gasteiger partial charge is 0.306 e. The van der Waals surface area contributed by atoms with Gasteiger partial charge in [-0.2, -0.15) is 0 Å². The van der Waals surface area contributed by atoms with Crippen LogP contribution in [0, 0.1) is 0 Å². The maximum absolute atomic E-state index is 12.8. The lowest BCUT2D eigenvalue weighted by Gasteiger charge is -2.18. The highest BCUT2D eigenvalue weighted by atomic mass is 16.6. The van der Waals surface area contributed by atoms with Gasteiger partial charge in [0.15, 0.2) is 6.10 Å². The second kappa shape index (κ2) is 52.7. The number of allylic oxidation sites excluding steroid dienone is 18. The lowest BCUT2D eigenvalue weighted by Crippen LogP contribution is -2.30. The van der Waals surface area contributed by atoms with Crippen molar-refractivity contribution in [1.82, 2.24) is 0 Å². The first kappa shape index (κ1) is 61.1. The molecule has 0 bridgehead atoms. The minimum Gasteiger partial charge on any atom is -0.462 e. The number of esters is 3. The molecule has 0 unspecified atom stereocenters. The van der Waals surface area contributed by atoms with E-state index in [1.54, 1.807) is 0 Å². The molecule has 0 aliphatic carbocycles. The fourth-order valence-electron chi connectivity index (χ4n) is 6.71. The van der Waals surface area contributed by atoms with Gasteiger partial charge in [0.1, 0.15) is 13.2 Å². The van der Waals surface area contributed by atoms with Gasteiger partial charge in [-0.25, -0.2) is 0 Å². The monoisotopic (exact) mass is 901 g/mol. The molecule has 0 amide bonds. The number of carbonyl (C=O) groups is 3. The SMILES string of the molecule is CCCC/C=C\CCCCCCCC(=O)OC[C@@H](COC(=O)CCC/C=C\C/C=C\C/C=C\CCCCCCCC)OC(=O)CC/C=C\C/C=C\C/C=C\C/C=C\C/C=C\CCCCC. The highest BCUT2D eigenvalue weighted by molar-refractivity contribution is 5.71. The first-order valence-corrected chi connectivity index (χ1v) is 26.4. The fraction of sp³-hybridized carbons (Fsp3) is 0.644. The van der Waals surface area contributed by atoms with E-state index in [1.807, 2.05) is 12.2 Å². The second-order valence-corrected chi connectivity index (χ2v) is 17.1. The predicted molar refractivity (Wildman–Crippen MR) is 279 cm³/mol. The fourth-order valence-corrected chi connectivity index (χ4v) is 6.71. The summed E-state index contributed by atoms with van der Waals surface area (Å²) in [5.41, 5.74) is 0. The average molecular weight is 901 g/mol. The second-order valence-electron chi connectivity index (χ2n) is 17.1. The molecule has 0 aliphatic rings. The third-order valence-electron chi connectivity index (χ3n) is 10.7. The zero-order chi connectivity index (χ0) is 47.2. The summed E-state index contributed by atoms with van der Waals surface area (Å²) in [6, 6.07) is 0.